The Morgan fingerprint density at radius 2 is 2.22 bits per heavy atom. The monoisotopic (exact) mass is 244 g/mol. The van der Waals surface area contributed by atoms with Gasteiger partial charge in [-0.1, -0.05) is 18.2 Å². The van der Waals surface area contributed by atoms with Gasteiger partial charge in [0.1, 0.15) is 19.1 Å². The number of nitrogens with zero attached hydrogens (tertiary/aromatic N) is 2. The van der Waals surface area contributed by atoms with E-state index in [1.165, 1.54) is 4.90 Å². The zero-order valence-electron chi connectivity index (χ0n) is 9.59. The fraction of sp³-hybridized carbons (Fsp3) is 0.250. The van der Waals surface area contributed by atoms with E-state index in [9.17, 15) is 9.59 Å². The number of nitrogens with two attached hydrogens (primary N) is 1. The van der Waals surface area contributed by atoms with Gasteiger partial charge in [0.25, 0.3) is 0 Å². The average molecular weight is 244 g/mol. The number of amides is 2. The normalized spacial score (nSPS) is 17.2. The Bertz CT molecular complexity index is 535. The van der Waals surface area contributed by atoms with Crippen LogP contribution in [0.25, 0.3) is 0 Å². The second-order valence-corrected chi connectivity index (χ2v) is 3.90. The summed E-state index contributed by atoms with van der Waals surface area (Å²) in [7, 11) is 0. The third kappa shape index (κ3) is 2.04. The molecule has 6 heteroatoms. The molecule has 2 rings (SSSR count). The Balaban J connectivity index is 2.17. The molecule has 0 saturated carbocycles. The number of carbonyl (C=O) groups excluding carboxylic acids is 2. The highest BCUT2D eigenvalue weighted by Gasteiger charge is 2.35. The summed E-state index contributed by atoms with van der Waals surface area (Å²) >= 11 is 0. The van der Waals surface area contributed by atoms with Gasteiger partial charge in [-0.25, -0.2) is 0 Å². The summed E-state index contributed by atoms with van der Waals surface area (Å²) in [6, 6.07) is 8.18. The standard InChI is InChI=1S/C12H12N4O2/c13-5-6-15-10(17)7-16-9-4-2-1-3-8(9)11(14)12(16)18/h1-4,11H,6-7,14H2,(H,15,17). The van der Waals surface area contributed by atoms with Crippen LogP contribution in [0.4, 0.5) is 5.69 Å². The predicted molar refractivity (Wildman–Crippen MR) is 64.3 cm³/mol. The largest absolute Gasteiger partial charge is 0.341 e. The van der Waals surface area contributed by atoms with E-state index in [1.54, 1.807) is 30.3 Å². The van der Waals surface area contributed by atoms with Crippen LogP contribution in [-0.4, -0.2) is 24.9 Å². The Hall–Kier alpha value is -2.39. The SMILES string of the molecule is N#CCNC(=O)CN1C(=O)C(N)c2ccccc21. The van der Waals surface area contributed by atoms with Gasteiger partial charge in [0.2, 0.25) is 11.8 Å². The predicted octanol–water partition coefficient (Wildman–Crippen LogP) is -0.327. The number of anilines is 1. The summed E-state index contributed by atoms with van der Waals surface area (Å²) in [5.41, 5.74) is 7.15. The van der Waals surface area contributed by atoms with E-state index in [1.807, 2.05) is 0 Å². The van der Waals surface area contributed by atoms with Gasteiger partial charge < -0.3 is 16.0 Å². The molecule has 1 aliphatic heterocycles. The van der Waals surface area contributed by atoms with E-state index in [4.69, 9.17) is 11.0 Å². The Kier molecular flexibility index (Phi) is 3.26. The van der Waals surface area contributed by atoms with Crippen LogP contribution in [0.3, 0.4) is 0 Å². The summed E-state index contributed by atoms with van der Waals surface area (Å²) in [5, 5.41) is 10.8. The summed E-state index contributed by atoms with van der Waals surface area (Å²) in [4.78, 5) is 24.8. The maximum absolute atomic E-state index is 11.9. The summed E-state index contributed by atoms with van der Waals surface area (Å²) in [6.45, 7) is -0.195. The lowest BCUT2D eigenvalue weighted by molar-refractivity contribution is -0.123. The molecule has 3 N–H and O–H groups in total. The molecule has 1 unspecified atom stereocenters. The van der Waals surface area contributed by atoms with E-state index in [-0.39, 0.29) is 24.9 Å². The topological polar surface area (TPSA) is 99.2 Å². The fourth-order valence-electron chi connectivity index (χ4n) is 1.92. The zero-order chi connectivity index (χ0) is 13.1. The van der Waals surface area contributed by atoms with Gasteiger partial charge in [0.15, 0.2) is 0 Å². The van der Waals surface area contributed by atoms with Gasteiger partial charge >= 0.3 is 0 Å². The van der Waals surface area contributed by atoms with Crippen LogP contribution in [0.2, 0.25) is 0 Å². The first-order valence-electron chi connectivity index (χ1n) is 5.44. The van der Waals surface area contributed by atoms with Gasteiger partial charge in [-0.05, 0) is 6.07 Å². The molecule has 1 atom stereocenters. The van der Waals surface area contributed by atoms with Gasteiger partial charge in [0, 0.05) is 11.3 Å². The smallest absolute Gasteiger partial charge is 0.249 e. The van der Waals surface area contributed by atoms with Crippen molar-refractivity contribution in [3.05, 3.63) is 29.8 Å². The molecule has 1 aliphatic rings. The van der Waals surface area contributed by atoms with Crippen LogP contribution >= 0.6 is 0 Å². The van der Waals surface area contributed by atoms with Crippen molar-refractivity contribution in [1.82, 2.24) is 5.32 Å². The zero-order valence-corrected chi connectivity index (χ0v) is 9.59. The molecule has 0 bridgehead atoms. The number of benzene rings is 1. The molecule has 1 heterocycles. The Morgan fingerprint density at radius 3 is 2.94 bits per heavy atom. The number of nitriles is 1. The van der Waals surface area contributed by atoms with Crippen molar-refractivity contribution >= 4 is 17.5 Å². The van der Waals surface area contributed by atoms with Crippen LogP contribution in [0, 0.1) is 11.3 Å². The molecule has 0 aliphatic carbocycles. The Labute approximate surface area is 104 Å². The van der Waals surface area contributed by atoms with Crippen molar-refractivity contribution < 1.29 is 9.59 Å². The molecule has 0 spiro atoms. The van der Waals surface area contributed by atoms with Crippen LogP contribution < -0.4 is 16.0 Å². The van der Waals surface area contributed by atoms with Crippen molar-refractivity contribution in [2.24, 2.45) is 5.73 Å². The highest BCUT2D eigenvalue weighted by atomic mass is 16.2. The number of carbonyl (C=O) groups is 2. The lowest BCUT2D eigenvalue weighted by atomic mass is 10.1. The van der Waals surface area contributed by atoms with Gasteiger partial charge in [-0.15, -0.1) is 0 Å². The van der Waals surface area contributed by atoms with Crippen molar-refractivity contribution in [2.45, 2.75) is 6.04 Å². The minimum Gasteiger partial charge on any atom is -0.341 e. The Morgan fingerprint density at radius 1 is 1.50 bits per heavy atom. The second kappa shape index (κ2) is 4.85. The lowest BCUT2D eigenvalue weighted by Crippen LogP contribution is -2.40. The molecule has 2 amide bonds. The molecule has 1 aromatic carbocycles. The number of hydrogen-bond acceptors (Lipinski definition) is 4. The minimum absolute atomic E-state index is 0.0748. The lowest BCUT2D eigenvalue weighted by Gasteiger charge is -2.16. The highest BCUT2D eigenvalue weighted by Crippen LogP contribution is 2.33. The van der Waals surface area contributed by atoms with Gasteiger partial charge in [-0.2, -0.15) is 5.26 Å². The molecular weight excluding hydrogens is 232 g/mol. The quantitative estimate of drug-likeness (QED) is 0.711. The van der Waals surface area contributed by atoms with Crippen LogP contribution in [-0.2, 0) is 9.59 Å². The first-order valence-corrected chi connectivity index (χ1v) is 5.44. The van der Waals surface area contributed by atoms with E-state index in [0.717, 1.165) is 5.56 Å². The molecule has 0 aromatic heterocycles. The number of nitrogens with one attached hydrogen (secondary N) is 1. The van der Waals surface area contributed by atoms with Crippen molar-refractivity contribution in [3.8, 4) is 6.07 Å². The minimum atomic E-state index is -0.718. The summed E-state index contributed by atoms with van der Waals surface area (Å²) in [6.07, 6.45) is 0. The van der Waals surface area contributed by atoms with E-state index >= 15 is 0 Å². The molecule has 0 saturated heterocycles. The summed E-state index contributed by atoms with van der Waals surface area (Å²) in [5.74, 6) is -0.683. The van der Waals surface area contributed by atoms with Crippen molar-refractivity contribution in [1.29, 1.82) is 5.26 Å². The third-order valence-electron chi connectivity index (χ3n) is 2.76. The number of rotatable bonds is 3. The molecule has 0 fully saturated rings. The van der Waals surface area contributed by atoms with Gasteiger partial charge in [-0.3, -0.25) is 9.59 Å². The van der Waals surface area contributed by atoms with E-state index < -0.39 is 6.04 Å². The maximum atomic E-state index is 11.9. The molecule has 1 aromatic rings. The van der Waals surface area contributed by atoms with E-state index in [2.05, 4.69) is 5.32 Å². The number of fused-ring (bicyclic) bond motifs is 1. The molecule has 0 radical (unpaired) electrons. The maximum Gasteiger partial charge on any atom is 0.249 e. The van der Waals surface area contributed by atoms with Gasteiger partial charge in [0.05, 0.1) is 6.07 Å². The molecule has 6 nitrogen and oxygen atoms in total. The first-order chi connectivity index (χ1) is 8.65. The molecule has 92 valence electrons. The van der Waals surface area contributed by atoms with Crippen molar-refractivity contribution in [3.63, 3.8) is 0 Å². The van der Waals surface area contributed by atoms with Crippen molar-refractivity contribution in [2.75, 3.05) is 18.0 Å². The fourth-order valence-corrected chi connectivity index (χ4v) is 1.92. The van der Waals surface area contributed by atoms with Crippen LogP contribution in [0.15, 0.2) is 24.3 Å². The molecular formula is C12H12N4O2. The van der Waals surface area contributed by atoms with Crippen LogP contribution in [0.1, 0.15) is 11.6 Å². The number of hydrogen-bond donors (Lipinski definition) is 2. The molecule has 18 heavy (non-hydrogen) atoms. The van der Waals surface area contributed by atoms with Crippen LogP contribution in [0.5, 0.6) is 0 Å². The third-order valence-corrected chi connectivity index (χ3v) is 2.76. The number of para-hydroxylation sites is 1. The van der Waals surface area contributed by atoms with E-state index in [0.29, 0.717) is 5.69 Å². The average Bonchev–Trinajstić information content (AvgIpc) is 2.62. The summed E-state index contributed by atoms with van der Waals surface area (Å²) < 4.78 is 0. The second-order valence-electron chi connectivity index (χ2n) is 3.90. The first kappa shape index (κ1) is 12.1. The highest BCUT2D eigenvalue weighted by molar-refractivity contribution is 6.07.